The number of ether oxygens (including phenoxy) is 1. The summed E-state index contributed by atoms with van der Waals surface area (Å²) in [5.74, 6) is 0.804. The summed E-state index contributed by atoms with van der Waals surface area (Å²) in [6.45, 7) is 4.90. The Morgan fingerprint density at radius 3 is 2.65 bits per heavy atom. The molecular formula is C20H24N4O2. The number of aryl methyl sites for hydroxylation is 1. The lowest BCUT2D eigenvalue weighted by Gasteiger charge is -2.41. The van der Waals surface area contributed by atoms with Crippen LogP contribution in [0, 0.1) is 6.92 Å². The van der Waals surface area contributed by atoms with E-state index in [1.807, 2.05) is 36.1 Å². The van der Waals surface area contributed by atoms with Crippen LogP contribution in [0.2, 0.25) is 0 Å². The van der Waals surface area contributed by atoms with Crippen LogP contribution in [0.15, 0.2) is 36.7 Å². The fourth-order valence-electron chi connectivity index (χ4n) is 3.70. The van der Waals surface area contributed by atoms with Gasteiger partial charge in [0.2, 0.25) is 0 Å². The molecule has 6 heteroatoms. The highest BCUT2D eigenvalue weighted by molar-refractivity contribution is 5.92. The molecule has 0 atom stereocenters. The summed E-state index contributed by atoms with van der Waals surface area (Å²) >= 11 is 0. The van der Waals surface area contributed by atoms with Gasteiger partial charge in [0.25, 0.3) is 5.91 Å². The Morgan fingerprint density at radius 1 is 1.15 bits per heavy atom. The van der Waals surface area contributed by atoms with E-state index in [0.29, 0.717) is 18.8 Å². The average Bonchev–Trinajstić information content (AvgIpc) is 2.81. The van der Waals surface area contributed by atoms with Gasteiger partial charge in [-0.15, -0.1) is 0 Å². The van der Waals surface area contributed by atoms with E-state index in [9.17, 15) is 4.79 Å². The van der Waals surface area contributed by atoms with Crippen LogP contribution < -0.4 is 4.74 Å². The number of fused-ring (bicyclic) bond motifs is 1. The minimum absolute atomic E-state index is 0.0869. The van der Waals surface area contributed by atoms with Crippen LogP contribution in [0.5, 0.6) is 5.75 Å². The summed E-state index contributed by atoms with van der Waals surface area (Å²) < 4.78 is 6.51. The van der Waals surface area contributed by atoms with Crippen LogP contribution >= 0.6 is 0 Å². The fraction of sp³-hybridized carbons (Fsp3) is 0.450. The highest BCUT2D eigenvalue weighted by Crippen LogP contribution is 2.35. The topological polar surface area (TPSA) is 58.6 Å². The number of carbonyl (C=O) groups excluding carboxylic acids is 1. The Balaban J connectivity index is 1.67. The van der Waals surface area contributed by atoms with Crippen molar-refractivity contribution >= 4 is 5.91 Å². The molecule has 0 saturated carbocycles. The zero-order chi connectivity index (χ0) is 18.1. The Bertz CT molecular complexity index is 798. The van der Waals surface area contributed by atoms with Gasteiger partial charge in [0.1, 0.15) is 17.0 Å². The molecule has 0 aliphatic carbocycles. The molecule has 26 heavy (non-hydrogen) atoms. The smallest absolute Gasteiger partial charge is 0.274 e. The second-order valence-electron chi connectivity index (χ2n) is 7.40. The molecule has 1 fully saturated rings. The highest BCUT2D eigenvalue weighted by atomic mass is 16.5. The van der Waals surface area contributed by atoms with Crippen molar-refractivity contribution in [1.29, 1.82) is 0 Å². The summed E-state index contributed by atoms with van der Waals surface area (Å²) in [5.41, 5.74) is 1.89. The Hall–Kier alpha value is -2.47. The van der Waals surface area contributed by atoms with Crippen LogP contribution in [0.3, 0.4) is 0 Å². The van der Waals surface area contributed by atoms with Gasteiger partial charge < -0.3 is 14.5 Å². The Morgan fingerprint density at radius 2 is 1.92 bits per heavy atom. The van der Waals surface area contributed by atoms with Crippen LogP contribution in [0.1, 0.15) is 34.6 Å². The van der Waals surface area contributed by atoms with Crippen molar-refractivity contribution in [3.05, 3.63) is 53.6 Å². The van der Waals surface area contributed by atoms with Gasteiger partial charge in [-0.2, -0.15) is 0 Å². The molecule has 1 aromatic carbocycles. The van der Waals surface area contributed by atoms with Crippen LogP contribution in [-0.2, 0) is 6.54 Å². The normalized spacial score (nSPS) is 19.5. The molecule has 2 aliphatic rings. The molecule has 6 nitrogen and oxygen atoms in total. The minimum atomic E-state index is -0.340. The maximum atomic E-state index is 13.1. The molecule has 1 amide bonds. The summed E-state index contributed by atoms with van der Waals surface area (Å²) in [4.78, 5) is 25.8. The summed E-state index contributed by atoms with van der Waals surface area (Å²) in [5, 5.41) is 0. The number of aromatic nitrogens is 2. The number of hydrogen-bond donors (Lipinski definition) is 0. The highest BCUT2D eigenvalue weighted by Gasteiger charge is 2.41. The second-order valence-corrected chi connectivity index (χ2v) is 7.40. The minimum Gasteiger partial charge on any atom is -0.485 e. The third kappa shape index (κ3) is 3.29. The van der Waals surface area contributed by atoms with E-state index in [2.05, 4.69) is 21.9 Å². The molecule has 0 radical (unpaired) electrons. The van der Waals surface area contributed by atoms with Gasteiger partial charge in [0.05, 0.1) is 18.4 Å². The number of hydrogen-bond acceptors (Lipinski definition) is 5. The fourth-order valence-corrected chi connectivity index (χ4v) is 3.70. The number of amides is 1. The first kappa shape index (κ1) is 17.0. The maximum absolute atomic E-state index is 13.1. The summed E-state index contributed by atoms with van der Waals surface area (Å²) in [6, 6.07) is 8.02. The average molecular weight is 352 g/mol. The molecule has 1 saturated heterocycles. The first-order valence-corrected chi connectivity index (χ1v) is 9.08. The molecule has 4 rings (SSSR count). The van der Waals surface area contributed by atoms with E-state index in [4.69, 9.17) is 4.74 Å². The van der Waals surface area contributed by atoms with E-state index < -0.39 is 0 Å². The van der Waals surface area contributed by atoms with Crippen molar-refractivity contribution < 1.29 is 9.53 Å². The molecular weight excluding hydrogens is 328 g/mol. The number of piperidine rings is 1. The van der Waals surface area contributed by atoms with Crippen molar-refractivity contribution in [3.8, 4) is 5.75 Å². The number of carbonyl (C=O) groups is 1. The van der Waals surface area contributed by atoms with Crippen molar-refractivity contribution in [3.63, 3.8) is 0 Å². The molecule has 136 valence electrons. The maximum Gasteiger partial charge on any atom is 0.274 e. The van der Waals surface area contributed by atoms with E-state index in [1.54, 1.807) is 12.4 Å². The third-order valence-electron chi connectivity index (χ3n) is 5.32. The van der Waals surface area contributed by atoms with E-state index in [-0.39, 0.29) is 11.5 Å². The van der Waals surface area contributed by atoms with Crippen molar-refractivity contribution in [2.75, 3.05) is 26.7 Å². The van der Waals surface area contributed by atoms with Gasteiger partial charge in [-0.25, -0.2) is 4.98 Å². The van der Waals surface area contributed by atoms with Gasteiger partial charge >= 0.3 is 0 Å². The molecule has 1 aromatic heterocycles. The van der Waals surface area contributed by atoms with Gasteiger partial charge in [-0.3, -0.25) is 9.78 Å². The third-order valence-corrected chi connectivity index (χ3v) is 5.32. The van der Waals surface area contributed by atoms with Crippen LogP contribution in [0.4, 0.5) is 0 Å². The summed E-state index contributed by atoms with van der Waals surface area (Å²) in [7, 11) is 2.13. The molecule has 0 N–H and O–H groups in total. The van der Waals surface area contributed by atoms with E-state index in [0.717, 1.165) is 42.9 Å². The molecule has 2 aliphatic heterocycles. The van der Waals surface area contributed by atoms with Crippen molar-refractivity contribution in [1.82, 2.24) is 19.8 Å². The number of nitrogens with zero attached hydrogens (tertiary/aromatic N) is 4. The van der Waals surface area contributed by atoms with E-state index >= 15 is 0 Å². The standard InChI is InChI=1S/C20H24N4O2/c1-15-11-22-17(12-21-15)19(25)24-13-16-5-3-4-6-18(16)26-20(14-24)7-9-23(2)10-8-20/h3-6,11-12H,7-10,13-14H2,1-2H3. The predicted molar refractivity (Wildman–Crippen MR) is 98.0 cm³/mol. The van der Waals surface area contributed by atoms with Gasteiger partial charge in [0, 0.05) is 44.2 Å². The zero-order valence-electron chi connectivity index (χ0n) is 15.3. The monoisotopic (exact) mass is 352 g/mol. The van der Waals surface area contributed by atoms with Crippen molar-refractivity contribution in [2.45, 2.75) is 31.9 Å². The quantitative estimate of drug-likeness (QED) is 0.788. The molecule has 0 bridgehead atoms. The Kier molecular flexibility index (Phi) is 4.36. The lowest BCUT2D eigenvalue weighted by Crippen LogP contribution is -2.53. The number of rotatable bonds is 1. The largest absolute Gasteiger partial charge is 0.485 e. The van der Waals surface area contributed by atoms with Gasteiger partial charge in [-0.1, -0.05) is 18.2 Å². The molecule has 3 heterocycles. The van der Waals surface area contributed by atoms with Gasteiger partial charge in [-0.05, 0) is 20.0 Å². The van der Waals surface area contributed by atoms with Crippen LogP contribution in [-0.4, -0.2) is 58.0 Å². The lowest BCUT2D eigenvalue weighted by atomic mass is 9.90. The lowest BCUT2D eigenvalue weighted by molar-refractivity contribution is -0.0104. The first-order valence-electron chi connectivity index (χ1n) is 9.08. The number of likely N-dealkylation sites (tertiary alicyclic amines) is 1. The van der Waals surface area contributed by atoms with E-state index in [1.165, 1.54) is 0 Å². The summed E-state index contributed by atoms with van der Waals surface area (Å²) in [6.07, 6.45) is 5.01. The van der Waals surface area contributed by atoms with Gasteiger partial charge in [0.15, 0.2) is 0 Å². The SMILES string of the molecule is Cc1cnc(C(=O)N2Cc3ccccc3OC3(CCN(C)CC3)C2)cn1. The molecule has 1 spiro atoms. The molecule has 2 aromatic rings. The number of benzene rings is 1. The molecule has 0 unspecified atom stereocenters. The van der Waals surface area contributed by atoms with Crippen LogP contribution in [0.25, 0.3) is 0 Å². The zero-order valence-corrected chi connectivity index (χ0v) is 15.3. The predicted octanol–water partition coefficient (Wildman–Crippen LogP) is 2.28. The number of para-hydroxylation sites is 1. The Labute approximate surface area is 153 Å². The second kappa shape index (κ2) is 6.68. The van der Waals surface area contributed by atoms with Crippen molar-refractivity contribution in [2.24, 2.45) is 0 Å². The first-order chi connectivity index (χ1) is 12.5.